The number of aliphatic hydroxyl groups excluding tert-OH is 1. The number of rotatable bonds is 11. The van der Waals surface area contributed by atoms with Gasteiger partial charge in [-0.05, 0) is 48.1 Å². The first-order chi connectivity index (χ1) is 20.1. The molecule has 232 valence electrons. The van der Waals surface area contributed by atoms with Crippen LogP contribution in [0.25, 0.3) is 0 Å². The molecule has 3 aromatic rings. The van der Waals surface area contributed by atoms with Gasteiger partial charge in [0.2, 0.25) is 5.91 Å². The quantitative estimate of drug-likeness (QED) is 0.233. The Morgan fingerprint density at radius 1 is 0.791 bits per heavy atom. The van der Waals surface area contributed by atoms with Crippen LogP contribution in [0.2, 0.25) is 0 Å². The Labute approximate surface area is 246 Å². The van der Waals surface area contributed by atoms with E-state index in [4.69, 9.17) is 0 Å². The van der Waals surface area contributed by atoms with Gasteiger partial charge in [-0.3, -0.25) is 9.59 Å². The number of carbonyl (C=O) groups excluding carboxylic acids is 2. The summed E-state index contributed by atoms with van der Waals surface area (Å²) in [5, 5.41) is 12.5. The maximum Gasteiger partial charge on any atom is 0.416 e. The summed E-state index contributed by atoms with van der Waals surface area (Å²) < 4.78 is 81.0. The Kier molecular flexibility index (Phi) is 11.0. The average molecular weight is 609 g/mol. The summed E-state index contributed by atoms with van der Waals surface area (Å²) >= 11 is 0. The maximum atomic E-state index is 13.6. The molecule has 5 nitrogen and oxygen atoms in total. The molecule has 2 amide bonds. The number of nitrogens with zero attached hydrogens (tertiary/aromatic N) is 1. The molecule has 11 heteroatoms. The molecule has 2 N–H and O–H groups in total. The number of halogens is 6. The van der Waals surface area contributed by atoms with E-state index in [9.17, 15) is 41.0 Å². The minimum atomic E-state index is -5.14. The van der Waals surface area contributed by atoms with Crippen molar-refractivity contribution in [2.24, 2.45) is 5.92 Å². The first-order valence-corrected chi connectivity index (χ1v) is 13.7. The molecule has 0 fully saturated rings. The van der Waals surface area contributed by atoms with Crippen LogP contribution in [0.15, 0.2) is 78.9 Å². The second kappa shape index (κ2) is 14.1. The van der Waals surface area contributed by atoms with Gasteiger partial charge in [-0.2, -0.15) is 26.3 Å². The van der Waals surface area contributed by atoms with Gasteiger partial charge in [-0.15, -0.1) is 0 Å². The molecule has 3 rings (SSSR count). The molecule has 0 saturated carbocycles. The summed E-state index contributed by atoms with van der Waals surface area (Å²) in [5.74, 6) is -2.30. The molecule has 0 aliphatic heterocycles. The van der Waals surface area contributed by atoms with Gasteiger partial charge in [0.1, 0.15) is 6.04 Å². The topological polar surface area (TPSA) is 69.6 Å². The second-order valence-corrected chi connectivity index (χ2v) is 10.7. The van der Waals surface area contributed by atoms with Gasteiger partial charge in [0, 0.05) is 18.5 Å². The molecule has 0 radical (unpaired) electrons. The van der Waals surface area contributed by atoms with Crippen LogP contribution in [0.4, 0.5) is 26.3 Å². The lowest BCUT2D eigenvalue weighted by atomic mass is 9.86. The molecule has 0 aromatic heterocycles. The van der Waals surface area contributed by atoms with Crippen LogP contribution in [-0.4, -0.2) is 47.6 Å². The van der Waals surface area contributed by atoms with E-state index >= 15 is 0 Å². The first kappa shape index (κ1) is 33.6. The third-order valence-corrected chi connectivity index (χ3v) is 7.39. The number of nitrogens with one attached hydrogen (secondary N) is 1. The van der Waals surface area contributed by atoms with Crippen LogP contribution in [0, 0.1) is 5.92 Å². The van der Waals surface area contributed by atoms with E-state index in [1.807, 2.05) is 60.7 Å². The van der Waals surface area contributed by atoms with E-state index in [1.165, 1.54) is 7.05 Å². The zero-order chi connectivity index (χ0) is 31.9. The molecular formula is C32H34F6N2O3. The largest absolute Gasteiger partial charge is 0.416 e. The normalized spacial score (nSPS) is 13.6. The number of benzene rings is 3. The second-order valence-electron chi connectivity index (χ2n) is 10.7. The third kappa shape index (κ3) is 8.82. The Morgan fingerprint density at radius 3 is 1.65 bits per heavy atom. The van der Waals surface area contributed by atoms with E-state index < -0.39 is 59.5 Å². The van der Waals surface area contributed by atoms with Crippen molar-refractivity contribution >= 4 is 11.8 Å². The van der Waals surface area contributed by atoms with Crippen molar-refractivity contribution in [3.8, 4) is 0 Å². The monoisotopic (exact) mass is 608 g/mol. The number of likely N-dealkylation sites (N-methyl/N-ethyl adjacent to an activating group) is 1. The summed E-state index contributed by atoms with van der Waals surface area (Å²) in [4.78, 5) is 27.9. The van der Waals surface area contributed by atoms with Gasteiger partial charge in [0.15, 0.2) is 0 Å². The highest BCUT2D eigenvalue weighted by Crippen LogP contribution is 2.37. The van der Waals surface area contributed by atoms with Gasteiger partial charge < -0.3 is 15.3 Å². The number of hydrogen-bond donors (Lipinski definition) is 2. The van der Waals surface area contributed by atoms with Crippen LogP contribution in [-0.2, 0) is 17.1 Å². The highest BCUT2D eigenvalue weighted by Gasteiger charge is 2.39. The predicted octanol–water partition coefficient (Wildman–Crippen LogP) is 6.91. The first-order valence-electron chi connectivity index (χ1n) is 13.7. The Bertz CT molecular complexity index is 1290. The van der Waals surface area contributed by atoms with Gasteiger partial charge in [0.25, 0.3) is 5.91 Å². The van der Waals surface area contributed by atoms with Crippen LogP contribution in [0.1, 0.15) is 65.2 Å². The fourth-order valence-corrected chi connectivity index (χ4v) is 4.85. The van der Waals surface area contributed by atoms with Crippen molar-refractivity contribution in [1.29, 1.82) is 0 Å². The predicted molar refractivity (Wildman–Crippen MR) is 150 cm³/mol. The van der Waals surface area contributed by atoms with Crippen LogP contribution >= 0.6 is 0 Å². The summed E-state index contributed by atoms with van der Waals surface area (Å²) in [6, 6.07) is 17.4. The smallest absolute Gasteiger partial charge is 0.394 e. The van der Waals surface area contributed by atoms with Crippen molar-refractivity contribution < 1.29 is 41.0 Å². The van der Waals surface area contributed by atoms with Crippen LogP contribution in [0.3, 0.4) is 0 Å². The van der Waals surface area contributed by atoms with E-state index in [0.29, 0.717) is 18.6 Å². The minimum absolute atomic E-state index is 0.0177. The molecule has 0 aliphatic carbocycles. The van der Waals surface area contributed by atoms with E-state index in [-0.39, 0.29) is 24.3 Å². The lowest BCUT2D eigenvalue weighted by Crippen LogP contribution is -2.52. The van der Waals surface area contributed by atoms with E-state index in [0.717, 1.165) is 16.0 Å². The summed E-state index contributed by atoms with van der Waals surface area (Å²) in [7, 11) is 1.17. The number of alkyl halides is 6. The van der Waals surface area contributed by atoms with Crippen molar-refractivity contribution in [3.05, 3.63) is 107 Å². The average Bonchev–Trinajstić information content (AvgIpc) is 2.97. The number of aliphatic hydroxyl groups is 1. The van der Waals surface area contributed by atoms with E-state index in [1.54, 1.807) is 13.8 Å². The molecule has 43 heavy (non-hydrogen) atoms. The van der Waals surface area contributed by atoms with Gasteiger partial charge in [-0.25, -0.2) is 0 Å². The van der Waals surface area contributed by atoms with Gasteiger partial charge >= 0.3 is 12.4 Å². The van der Waals surface area contributed by atoms with Crippen molar-refractivity contribution in [1.82, 2.24) is 10.2 Å². The zero-order valence-electron chi connectivity index (χ0n) is 23.9. The van der Waals surface area contributed by atoms with E-state index in [2.05, 4.69) is 5.32 Å². The maximum absolute atomic E-state index is 13.6. The fourth-order valence-electron chi connectivity index (χ4n) is 4.85. The number of amides is 2. The molecule has 0 heterocycles. The molecule has 2 atom stereocenters. The molecular weight excluding hydrogens is 574 g/mol. The molecule has 0 aliphatic rings. The highest BCUT2D eigenvalue weighted by atomic mass is 19.4. The van der Waals surface area contributed by atoms with Crippen LogP contribution in [0.5, 0.6) is 0 Å². The lowest BCUT2D eigenvalue weighted by Gasteiger charge is -2.31. The number of hydrogen-bond acceptors (Lipinski definition) is 3. The molecule has 3 aromatic carbocycles. The fraction of sp³-hybridized carbons (Fsp3) is 0.375. The van der Waals surface area contributed by atoms with Gasteiger partial charge in [0.05, 0.1) is 23.8 Å². The zero-order valence-corrected chi connectivity index (χ0v) is 23.9. The highest BCUT2D eigenvalue weighted by molar-refractivity contribution is 5.97. The summed E-state index contributed by atoms with van der Waals surface area (Å²) in [6.07, 6.45) is -9.96. The Balaban J connectivity index is 2.02. The van der Waals surface area contributed by atoms with Gasteiger partial charge in [-0.1, -0.05) is 74.5 Å². The SMILES string of the molecule is CC(C)[C@H](CO)NC(=O)[C@H](CCC(c1ccccc1)c1ccccc1)N(C)C(=O)c1cc(C(F)(F)F)cc(C(F)(F)F)c1. The Hall–Kier alpha value is -3.86. The standard InChI is InChI=1S/C32H34F6N2O3/c1-20(2)27(19-41)39-29(42)28(15-14-26(21-10-6-4-7-11-21)22-12-8-5-9-13-22)40(3)30(43)23-16-24(31(33,34)35)18-25(17-23)32(36,37)38/h4-13,16-18,20,26-28,41H,14-15,19H2,1-3H3,(H,39,42)/t27-,28-/m0/s1. The number of carbonyl (C=O) groups is 2. The summed E-state index contributed by atoms with van der Waals surface area (Å²) in [6.45, 7) is 3.10. The third-order valence-electron chi connectivity index (χ3n) is 7.39. The lowest BCUT2D eigenvalue weighted by molar-refractivity contribution is -0.143. The molecule has 0 bridgehead atoms. The van der Waals surface area contributed by atoms with Crippen molar-refractivity contribution in [2.45, 2.75) is 57.0 Å². The van der Waals surface area contributed by atoms with Crippen molar-refractivity contribution in [3.63, 3.8) is 0 Å². The molecule has 0 spiro atoms. The summed E-state index contributed by atoms with van der Waals surface area (Å²) in [5.41, 5.74) is -2.27. The Morgan fingerprint density at radius 2 is 1.26 bits per heavy atom. The van der Waals surface area contributed by atoms with Crippen LogP contribution < -0.4 is 5.32 Å². The molecule has 0 saturated heterocycles. The minimum Gasteiger partial charge on any atom is -0.394 e. The van der Waals surface area contributed by atoms with Crippen molar-refractivity contribution in [2.75, 3.05) is 13.7 Å². The molecule has 0 unspecified atom stereocenters.